The Morgan fingerprint density at radius 3 is 2.53 bits per heavy atom. The van der Waals surface area contributed by atoms with Crippen molar-refractivity contribution in [2.75, 3.05) is 24.7 Å². The van der Waals surface area contributed by atoms with E-state index in [0.29, 0.717) is 32.5 Å². The molecule has 1 fully saturated rings. The first-order chi connectivity index (χ1) is 18.5. The van der Waals surface area contributed by atoms with Crippen LogP contribution < -0.4 is 9.64 Å². The van der Waals surface area contributed by atoms with Crippen molar-refractivity contribution < 1.29 is 23.9 Å². The Balaban J connectivity index is 1.25. The molecule has 2 aromatic rings. The Kier molecular flexibility index (Phi) is 10.2. The molecule has 0 N–H and O–H groups in total. The average molecular weight is 521 g/mol. The summed E-state index contributed by atoms with van der Waals surface area (Å²) in [5, 5.41) is 0. The van der Waals surface area contributed by atoms with E-state index in [4.69, 9.17) is 9.47 Å². The molecule has 0 bridgehead atoms. The van der Waals surface area contributed by atoms with Crippen LogP contribution in [0.25, 0.3) is 0 Å². The molecule has 0 saturated heterocycles. The number of esters is 1. The molecule has 0 unspecified atom stereocenters. The SMILES string of the molecule is CC(=O)OCCN(C(=O)CCCCOc1ccc2c(c1)CCC(=O)N2Cc1ccccc1)C1CCCCC1. The van der Waals surface area contributed by atoms with Gasteiger partial charge in [0.15, 0.2) is 0 Å². The molecule has 2 amide bonds. The quantitative estimate of drug-likeness (QED) is 0.275. The zero-order valence-electron chi connectivity index (χ0n) is 22.5. The zero-order chi connectivity index (χ0) is 26.7. The Morgan fingerprint density at radius 1 is 0.974 bits per heavy atom. The number of rotatable bonds is 12. The summed E-state index contributed by atoms with van der Waals surface area (Å²) in [4.78, 5) is 40.6. The molecule has 0 atom stereocenters. The zero-order valence-corrected chi connectivity index (χ0v) is 22.5. The molecule has 0 spiro atoms. The van der Waals surface area contributed by atoms with Crippen LogP contribution in [-0.4, -0.2) is 48.5 Å². The highest BCUT2D eigenvalue weighted by molar-refractivity contribution is 5.96. The van der Waals surface area contributed by atoms with Gasteiger partial charge < -0.3 is 19.3 Å². The number of hydrogen-bond acceptors (Lipinski definition) is 5. The molecule has 2 aliphatic rings. The minimum atomic E-state index is -0.309. The van der Waals surface area contributed by atoms with Crippen molar-refractivity contribution in [2.45, 2.75) is 83.7 Å². The molecule has 4 rings (SSSR count). The van der Waals surface area contributed by atoms with Crippen LogP contribution in [0, 0.1) is 0 Å². The minimum absolute atomic E-state index is 0.140. The normalized spacial score (nSPS) is 15.6. The van der Waals surface area contributed by atoms with Gasteiger partial charge >= 0.3 is 5.97 Å². The van der Waals surface area contributed by atoms with Crippen molar-refractivity contribution in [1.29, 1.82) is 0 Å². The average Bonchev–Trinajstić information content (AvgIpc) is 2.93. The predicted octanol–water partition coefficient (Wildman–Crippen LogP) is 5.44. The first-order valence-corrected chi connectivity index (χ1v) is 14.0. The number of benzene rings is 2. The Labute approximate surface area is 226 Å². The molecule has 1 saturated carbocycles. The fraction of sp³-hybridized carbons (Fsp3) is 0.516. The van der Waals surface area contributed by atoms with E-state index in [2.05, 4.69) is 0 Å². The fourth-order valence-electron chi connectivity index (χ4n) is 5.47. The van der Waals surface area contributed by atoms with Crippen molar-refractivity contribution in [3.05, 3.63) is 59.7 Å². The lowest BCUT2D eigenvalue weighted by Gasteiger charge is -2.34. The third-order valence-electron chi connectivity index (χ3n) is 7.46. The highest BCUT2D eigenvalue weighted by atomic mass is 16.5. The van der Waals surface area contributed by atoms with Gasteiger partial charge in [-0.1, -0.05) is 49.6 Å². The molecule has 7 nitrogen and oxygen atoms in total. The summed E-state index contributed by atoms with van der Waals surface area (Å²) in [7, 11) is 0. The Bertz CT molecular complexity index is 1080. The molecule has 0 radical (unpaired) electrons. The van der Waals surface area contributed by atoms with E-state index in [-0.39, 0.29) is 30.4 Å². The molecular weight excluding hydrogens is 480 g/mol. The van der Waals surface area contributed by atoms with Crippen molar-refractivity contribution in [2.24, 2.45) is 0 Å². The number of carbonyl (C=O) groups excluding carboxylic acids is 3. The van der Waals surface area contributed by atoms with Gasteiger partial charge in [0, 0.05) is 31.5 Å². The maximum atomic E-state index is 13.0. The van der Waals surface area contributed by atoms with E-state index in [1.165, 1.54) is 13.3 Å². The molecular formula is C31H40N2O5. The second-order valence-corrected chi connectivity index (χ2v) is 10.3. The van der Waals surface area contributed by atoms with Gasteiger partial charge in [0.25, 0.3) is 0 Å². The van der Waals surface area contributed by atoms with Crippen LogP contribution in [0.2, 0.25) is 0 Å². The van der Waals surface area contributed by atoms with Gasteiger partial charge in [-0.05, 0) is 61.4 Å². The van der Waals surface area contributed by atoms with Gasteiger partial charge in [-0.25, -0.2) is 0 Å². The highest BCUT2D eigenvalue weighted by Gasteiger charge is 2.26. The molecule has 204 valence electrons. The number of hydrogen-bond donors (Lipinski definition) is 0. The van der Waals surface area contributed by atoms with E-state index in [0.717, 1.165) is 67.5 Å². The van der Waals surface area contributed by atoms with Crippen LogP contribution in [0.3, 0.4) is 0 Å². The van der Waals surface area contributed by atoms with E-state index in [9.17, 15) is 14.4 Å². The van der Waals surface area contributed by atoms with E-state index in [1.54, 1.807) is 0 Å². The van der Waals surface area contributed by atoms with Crippen molar-refractivity contribution in [1.82, 2.24) is 4.90 Å². The van der Waals surface area contributed by atoms with Gasteiger partial charge in [0.1, 0.15) is 12.4 Å². The highest BCUT2D eigenvalue weighted by Crippen LogP contribution is 2.32. The summed E-state index contributed by atoms with van der Waals surface area (Å²) in [5.41, 5.74) is 3.20. The van der Waals surface area contributed by atoms with Gasteiger partial charge in [-0.2, -0.15) is 0 Å². The van der Waals surface area contributed by atoms with Crippen LogP contribution in [0.15, 0.2) is 48.5 Å². The summed E-state index contributed by atoms with van der Waals surface area (Å²) in [6.07, 6.45) is 8.80. The number of aryl methyl sites for hydroxylation is 1. The number of ether oxygens (including phenoxy) is 2. The summed E-state index contributed by atoms with van der Waals surface area (Å²) in [6.45, 7) is 3.23. The number of amides is 2. The number of carbonyl (C=O) groups is 3. The van der Waals surface area contributed by atoms with Crippen LogP contribution >= 0.6 is 0 Å². The first kappa shape index (κ1) is 27.7. The standard InChI is InChI=1S/C31H40N2O5/c1-24(34)37-21-19-32(27-12-6-3-7-13-27)30(35)14-8-9-20-38-28-16-17-29-26(22-28)15-18-31(36)33(29)23-25-10-4-2-5-11-25/h2,4-5,10-11,16-17,22,27H,3,6-9,12-15,18-21,23H2,1H3. The van der Waals surface area contributed by atoms with Crippen LogP contribution in [0.1, 0.15) is 75.8 Å². The predicted molar refractivity (Wildman–Crippen MR) is 147 cm³/mol. The first-order valence-electron chi connectivity index (χ1n) is 14.0. The van der Waals surface area contributed by atoms with Crippen LogP contribution in [-0.2, 0) is 32.1 Å². The van der Waals surface area contributed by atoms with Gasteiger partial charge in [-0.15, -0.1) is 0 Å². The molecule has 0 aromatic heterocycles. The van der Waals surface area contributed by atoms with Gasteiger partial charge in [0.05, 0.1) is 19.7 Å². The maximum Gasteiger partial charge on any atom is 0.302 e. The summed E-state index contributed by atoms with van der Waals surface area (Å²) < 4.78 is 11.1. The number of fused-ring (bicyclic) bond motifs is 1. The van der Waals surface area contributed by atoms with E-state index in [1.807, 2.05) is 58.3 Å². The second-order valence-electron chi connectivity index (χ2n) is 10.3. The molecule has 7 heteroatoms. The Hall–Kier alpha value is -3.35. The Morgan fingerprint density at radius 2 is 1.76 bits per heavy atom. The number of nitrogens with zero attached hydrogens (tertiary/aromatic N) is 2. The molecule has 38 heavy (non-hydrogen) atoms. The van der Waals surface area contributed by atoms with Gasteiger partial charge in [-0.3, -0.25) is 14.4 Å². The second kappa shape index (κ2) is 14.0. The van der Waals surface area contributed by atoms with Crippen molar-refractivity contribution in [3.8, 4) is 5.75 Å². The lowest BCUT2D eigenvalue weighted by molar-refractivity contribution is -0.144. The lowest BCUT2D eigenvalue weighted by Crippen LogP contribution is -2.43. The molecule has 1 heterocycles. The maximum absolute atomic E-state index is 13.0. The van der Waals surface area contributed by atoms with Crippen molar-refractivity contribution in [3.63, 3.8) is 0 Å². The van der Waals surface area contributed by atoms with Gasteiger partial charge in [0.2, 0.25) is 11.8 Å². The minimum Gasteiger partial charge on any atom is -0.494 e. The van der Waals surface area contributed by atoms with Crippen molar-refractivity contribution >= 4 is 23.5 Å². The number of anilines is 1. The van der Waals surface area contributed by atoms with E-state index < -0.39 is 0 Å². The summed E-state index contributed by atoms with van der Waals surface area (Å²) in [5.74, 6) is 0.779. The largest absolute Gasteiger partial charge is 0.494 e. The summed E-state index contributed by atoms with van der Waals surface area (Å²) in [6, 6.07) is 16.3. The molecule has 2 aromatic carbocycles. The summed E-state index contributed by atoms with van der Waals surface area (Å²) >= 11 is 0. The number of unbranched alkanes of at least 4 members (excludes halogenated alkanes) is 1. The smallest absolute Gasteiger partial charge is 0.302 e. The molecule has 1 aliphatic heterocycles. The third-order valence-corrected chi connectivity index (χ3v) is 7.46. The third kappa shape index (κ3) is 7.83. The monoisotopic (exact) mass is 520 g/mol. The fourth-order valence-corrected chi connectivity index (χ4v) is 5.47. The van der Waals surface area contributed by atoms with E-state index >= 15 is 0 Å². The lowest BCUT2D eigenvalue weighted by atomic mass is 9.94. The topological polar surface area (TPSA) is 76.1 Å². The van der Waals surface area contributed by atoms with Crippen LogP contribution in [0.5, 0.6) is 5.75 Å². The molecule has 1 aliphatic carbocycles. The van der Waals surface area contributed by atoms with Crippen LogP contribution in [0.4, 0.5) is 5.69 Å².